The maximum atomic E-state index is 12.7. The number of pyridine rings is 2. The molecule has 0 unspecified atom stereocenters. The number of amides is 1. The second-order valence-electron chi connectivity index (χ2n) is 8.62. The summed E-state index contributed by atoms with van der Waals surface area (Å²) < 4.78 is 0. The Morgan fingerprint density at radius 2 is 1.94 bits per heavy atom. The minimum atomic E-state index is 0.264. The molecule has 1 aliphatic heterocycles. The minimum absolute atomic E-state index is 0.264. The van der Waals surface area contributed by atoms with Crippen LogP contribution in [0.4, 0.5) is 0 Å². The SMILES string of the molecule is NC=C(C=NCC1CCN(C(=O)C2CCCCC2)CC1)c1cnc2ccc(Cl)nc2c1. The van der Waals surface area contributed by atoms with Crippen LogP contribution < -0.4 is 5.73 Å². The standard InChI is InChI=1S/C24H30ClN5O/c25-23-7-6-21-22(29-23)12-19(16-28-21)20(13-26)15-27-14-17-8-10-30(11-9-17)24(31)18-4-2-1-3-5-18/h6-7,12-13,15-18H,1-5,8-11,14,26H2. The molecule has 31 heavy (non-hydrogen) atoms. The molecule has 3 heterocycles. The molecule has 0 bridgehead atoms. The van der Waals surface area contributed by atoms with Gasteiger partial charge in [0.15, 0.2) is 0 Å². The van der Waals surface area contributed by atoms with Crippen LogP contribution in [0.25, 0.3) is 16.6 Å². The van der Waals surface area contributed by atoms with E-state index in [1.807, 2.05) is 18.3 Å². The van der Waals surface area contributed by atoms with Crippen LogP contribution in [-0.4, -0.2) is 46.6 Å². The molecule has 0 aromatic carbocycles. The Balaban J connectivity index is 1.30. The lowest BCUT2D eigenvalue weighted by Crippen LogP contribution is -2.42. The fraction of sp³-hybridized carbons (Fsp3) is 0.500. The monoisotopic (exact) mass is 439 g/mol. The molecule has 1 aliphatic carbocycles. The highest BCUT2D eigenvalue weighted by Crippen LogP contribution is 2.27. The second kappa shape index (κ2) is 10.2. The molecule has 4 rings (SSSR count). The number of carbonyl (C=O) groups excluding carboxylic acids is 1. The number of fused-ring (bicyclic) bond motifs is 1. The van der Waals surface area contributed by atoms with Crippen molar-refractivity contribution in [3.63, 3.8) is 0 Å². The molecule has 2 fully saturated rings. The number of nitrogens with two attached hydrogens (primary N) is 1. The Morgan fingerprint density at radius 1 is 1.16 bits per heavy atom. The Hall–Kier alpha value is -2.47. The number of hydrogen-bond acceptors (Lipinski definition) is 5. The van der Waals surface area contributed by atoms with Crippen LogP contribution >= 0.6 is 11.6 Å². The van der Waals surface area contributed by atoms with Crippen LogP contribution in [0.2, 0.25) is 5.15 Å². The zero-order valence-corrected chi connectivity index (χ0v) is 18.6. The molecule has 7 heteroatoms. The van der Waals surface area contributed by atoms with E-state index in [-0.39, 0.29) is 5.92 Å². The van der Waals surface area contributed by atoms with Crippen molar-refractivity contribution in [3.05, 3.63) is 41.3 Å². The number of allylic oxidation sites excluding steroid dienone is 1. The van der Waals surface area contributed by atoms with Gasteiger partial charge in [-0.2, -0.15) is 0 Å². The molecule has 1 saturated heterocycles. The first-order chi connectivity index (χ1) is 15.1. The number of likely N-dealkylation sites (tertiary alicyclic amines) is 1. The molecule has 1 saturated carbocycles. The summed E-state index contributed by atoms with van der Waals surface area (Å²) in [6, 6.07) is 5.50. The Morgan fingerprint density at radius 3 is 2.68 bits per heavy atom. The van der Waals surface area contributed by atoms with Gasteiger partial charge in [-0.3, -0.25) is 14.8 Å². The molecule has 6 nitrogen and oxygen atoms in total. The van der Waals surface area contributed by atoms with Gasteiger partial charge in [-0.1, -0.05) is 30.9 Å². The second-order valence-corrected chi connectivity index (χ2v) is 9.00. The van der Waals surface area contributed by atoms with E-state index in [1.165, 1.54) is 19.3 Å². The van der Waals surface area contributed by atoms with Crippen molar-refractivity contribution in [1.82, 2.24) is 14.9 Å². The summed E-state index contributed by atoms with van der Waals surface area (Å²) in [6.45, 7) is 2.46. The van der Waals surface area contributed by atoms with Crippen molar-refractivity contribution < 1.29 is 4.79 Å². The zero-order valence-electron chi connectivity index (χ0n) is 17.8. The normalized spacial score (nSPS) is 19.4. The van der Waals surface area contributed by atoms with Gasteiger partial charge in [-0.25, -0.2) is 4.98 Å². The zero-order chi connectivity index (χ0) is 21.6. The predicted molar refractivity (Wildman–Crippen MR) is 126 cm³/mol. The number of carbonyl (C=O) groups is 1. The molecular formula is C24H30ClN5O. The van der Waals surface area contributed by atoms with Crippen molar-refractivity contribution in [2.24, 2.45) is 22.6 Å². The lowest BCUT2D eigenvalue weighted by Gasteiger charge is -2.34. The van der Waals surface area contributed by atoms with Gasteiger partial charge in [0, 0.05) is 55.3 Å². The maximum Gasteiger partial charge on any atom is 0.225 e. The van der Waals surface area contributed by atoms with Crippen LogP contribution in [0.5, 0.6) is 0 Å². The molecule has 1 amide bonds. The third kappa shape index (κ3) is 5.42. The van der Waals surface area contributed by atoms with Crippen LogP contribution in [0.15, 0.2) is 35.6 Å². The molecule has 0 spiro atoms. The van der Waals surface area contributed by atoms with Gasteiger partial charge in [0.1, 0.15) is 5.15 Å². The third-order valence-electron chi connectivity index (χ3n) is 6.49. The number of piperidine rings is 1. The van der Waals surface area contributed by atoms with E-state index in [0.717, 1.165) is 67.5 Å². The molecule has 0 atom stereocenters. The number of aromatic nitrogens is 2. The fourth-order valence-electron chi connectivity index (χ4n) is 4.60. The fourth-order valence-corrected chi connectivity index (χ4v) is 4.75. The van der Waals surface area contributed by atoms with Crippen molar-refractivity contribution in [2.75, 3.05) is 19.6 Å². The van der Waals surface area contributed by atoms with Crippen molar-refractivity contribution in [1.29, 1.82) is 0 Å². The van der Waals surface area contributed by atoms with Gasteiger partial charge in [0.2, 0.25) is 5.91 Å². The lowest BCUT2D eigenvalue weighted by molar-refractivity contribution is -0.137. The number of nitrogens with zero attached hydrogens (tertiary/aromatic N) is 4. The van der Waals surface area contributed by atoms with Crippen LogP contribution in [0.1, 0.15) is 50.5 Å². The third-order valence-corrected chi connectivity index (χ3v) is 6.70. The minimum Gasteiger partial charge on any atom is -0.404 e. The number of halogens is 1. The van der Waals surface area contributed by atoms with Crippen LogP contribution in [0, 0.1) is 11.8 Å². The Bertz CT molecular complexity index is 975. The average Bonchev–Trinajstić information content (AvgIpc) is 2.82. The maximum absolute atomic E-state index is 12.7. The molecule has 164 valence electrons. The number of hydrogen-bond donors (Lipinski definition) is 1. The summed E-state index contributed by atoms with van der Waals surface area (Å²) in [5.41, 5.74) is 9.03. The largest absolute Gasteiger partial charge is 0.404 e. The van der Waals surface area contributed by atoms with Crippen LogP contribution in [-0.2, 0) is 4.79 Å². The van der Waals surface area contributed by atoms with E-state index in [9.17, 15) is 4.79 Å². The summed E-state index contributed by atoms with van der Waals surface area (Å²) in [5.74, 6) is 1.15. The predicted octanol–water partition coefficient (Wildman–Crippen LogP) is 4.47. The van der Waals surface area contributed by atoms with E-state index in [2.05, 4.69) is 19.9 Å². The summed E-state index contributed by atoms with van der Waals surface area (Å²) in [4.78, 5) is 28.2. The number of aliphatic imine (C=N–C) groups is 1. The smallest absolute Gasteiger partial charge is 0.225 e. The number of rotatable bonds is 5. The lowest BCUT2D eigenvalue weighted by atomic mass is 9.87. The van der Waals surface area contributed by atoms with E-state index in [4.69, 9.17) is 17.3 Å². The molecule has 2 aromatic rings. The van der Waals surface area contributed by atoms with Crippen molar-refractivity contribution in [2.45, 2.75) is 44.9 Å². The Kier molecular flexibility index (Phi) is 7.17. The average molecular weight is 440 g/mol. The van der Waals surface area contributed by atoms with Crippen LogP contribution in [0.3, 0.4) is 0 Å². The highest BCUT2D eigenvalue weighted by atomic mass is 35.5. The van der Waals surface area contributed by atoms with Crippen molar-refractivity contribution in [3.8, 4) is 0 Å². The summed E-state index contributed by atoms with van der Waals surface area (Å²) >= 11 is 6.00. The van der Waals surface area contributed by atoms with Gasteiger partial charge < -0.3 is 10.6 Å². The van der Waals surface area contributed by atoms with Gasteiger partial charge >= 0.3 is 0 Å². The summed E-state index contributed by atoms with van der Waals surface area (Å²) in [7, 11) is 0. The van der Waals surface area contributed by atoms with Crippen molar-refractivity contribution >= 4 is 40.3 Å². The molecule has 2 N–H and O–H groups in total. The topological polar surface area (TPSA) is 84.5 Å². The molecule has 2 aliphatic rings. The molecule has 2 aromatic heterocycles. The van der Waals surface area contributed by atoms with Gasteiger partial charge in [-0.15, -0.1) is 0 Å². The summed E-state index contributed by atoms with van der Waals surface area (Å²) in [5, 5.41) is 0.437. The van der Waals surface area contributed by atoms with Gasteiger partial charge in [0.25, 0.3) is 0 Å². The Labute approximate surface area is 188 Å². The first-order valence-corrected chi connectivity index (χ1v) is 11.6. The first kappa shape index (κ1) is 21.8. The summed E-state index contributed by atoms with van der Waals surface area (Å²) in [6.07, 6.45) is 13.0. The van der Waals surface area contributed by atoms with E-state index < -0.39 is 0 Å². The molecular weight excluding hydrogens is 410 g/mol. The van der Waals surface area contributed by atoms with Gasteiger partial charge in [-0.05, 0) is 49.8 Å². The van der Waals surface area contributed by atoms with E-state index in [1.54, 1.807) is 18.5 Å². The first-order valence-electron chi connectivity index (χ1n) is 11.3. The highest BCUT2D eigenvalue weighted by Gasteiger charge is 2.28. The quantitative estimate of drug-likeness (QED) is 0.550. The van der Waals surface area contributed by atoms with E-state index in [0.29, 0.717) is 17.0 Å². The highest BCUT2D eigenvalue weighted by molar-refractivity contribution is 6.29. The van der Waals surface area contributed by atoms with Gasteiger partial charge in [0.05, 0.1) is 11.0 Å². The van der Waals surface area contributed by atoms with E-state index >= 15 is 0 Å². The molecule has 0 radical (unpaired) electrons.